The van der Waals surface area contributed by atoms with E-state index in [0.717, 1.165) is 0 Å². The van der Waals surface area contributed by atoms with E-state index in [4.69, 9.17) is 0 Å². The molecule has 2 heteroatoms. The van der Waals surface area contributed by atoms with Crippen molar-refractivity contribution in [1.29, 1.82) is 0 Å². The molecule has 0 N–H and O–H groups in total. The van der Waals surface area contributed by atoms with E-state index in [0.29, 0.717) is 6.71 Å². The van der Waals surface area contributed by atoms with E-state index in [9.17, 15) is 0 Å². The van der Waals surface area contributed by atoms with E-state index < -0.39 is 7.92 Å². The summed E-state index contributed by atoms with van der Waals surface area (Å²) in [6.45, 7) is 5.26. The third-order valence-electron chi connectivity index (χ3n) is 5.59. The molecule has 3 rings (SSSR count). The van der Waals surface area contributed by atoms with Crippen molar-refractivity contribution in [1.82, 2.24) is 0 Å². The Morgan fingerprint density at radius 2 is 1.10 bits per heavy atom. The van der Waals surface area contributed by atoms with Crippen molar-refractivity contribution in [3.05, 3.63) is 103 Å². The Balaban J connectivity index is 2.12. The SMILES string of the molecule is CCCCB(/C=C(\c1ccccc1)P(c1ccccc1)c1ccccc1)CCCC. The smallest absolute Gasteiger partial charge is 0.106 e. The zero-order valence-electron chi connectivity index (χ0n) is 18.5. The Labute approximate surface area is 185 Å². The lowest BCUT2D eigenvalue weighted by Gasteiger charge is -2.24. The highest BCUT2D eigenvalue weighted by Gasteiger charge is 2.22. The van der Waals surface area contributed by atoms with E-state index >= 15 is 0 Å². The molecule has 0 aliphatic carbocycles. The van der Waals surface area contributed by atoms with Gasteiger partial charge in [-0.25, -0.2) is 0 Å². The van der Waals surface area contributed by atoms with Gasteiger partial charge in [0, 0.05) is 0 Å². The highest BCUT2D eigenvalue weighted by Crippen LogP contribution is 2.49. The minimum absolute atomic E-state index is 0.592. The molecule has 3 aromatic carbocycles. The van der Waals surface area contributed by atoms with Crippen molar-refractivity contribution in [2.45, 2.75) is 52.2 Å². The van der Waals surface area contributed by atoms with Gasteiger partial charge in [-0.1, -0.05) is 143 Å². The summed E-state index contributed by atoms with van der Waals surface area (Å²) < 4.78 is 0. The molecule has 0 nitrogen and oxygen atoms in total. The Morgan fingerprint density at radius 1 is 0.667 bits per heavy atom. The van der Waals surface area contributed by atoms with Crippen LogP contribution in [0.3, 0.4) is 0 Å². The highest BCUT2D eigenvalue weighted by atomic mass is 31.1. The standard InChI is InChI=1S/C28H34BP/c1-3-5-22-29(23-6-4-2)24-28(25-16-10-7-11-17-25)30(26-18-12-8-13-19-26)27-20-14-9-15-21-27/h7-21,24H,3-6,22-23H2,1-2H3/b28-24+. The molecular formula is C28H34BP. The predicted octanol–water partition coefficient (Wildman–Crippen LogP) is 7.79. The molecule has 0 aliphatic rings. The number of unbranched alkanes of at least 4 members (excludes halogenated alkanes) is 2. The maximum absolute atomic E-state index is 2.65. The van der Waals surface area contributed by atoms with E-state index in [1.54, 1.807) is 0 Å². The maximum atomic E-state index is 2.65. The van der Waals surface area contributed by atoms with E-state index in [1.807, 2.05) is 0 Å². The molecule has 154 valence electrons. The highest BCUT2D eigenvalue weighted by molar-refractivity contribution is 7.82. The van der Waals surface area contributed by atoms with Crippen LogP contribution in [0.25, 0.3) is 5.31 Å². The summed E-state index contributed by atoms with van der Waals surface area (Å²) >= 11 is 0. The molecule has 0 saturated carbocycles. The molecular weight excluding hydrogens is 378 g/mol. The molecule has 0 spiro atoms. The minimum Gasteiger partial charge on any atom is -0.106 e. The summed E-state index contributed by atoms with van der Waals surface area (Å²) in [4.78, 5) is 0. The van der Waals surface area contributed by atoms with Crippen LogP contribution in [0, 0.1) is 0 Å². The minimum atomic E-state index is -0.592. The first-order chi connectivity index (χ1) is 14.8. The van der Waals surface area contributed by atoms with Gasteiger partial charge in [0.1, 0.15) is 0 Å². The average molecular weight is 412 g/mol. The molecule has 0 aliphatic heterocycles. The Bertz CT molecular complexity index is 827. The summed E-state index contributed by atoms with van der Waals surface area (Å²) in [5.74, 6) is 2.65. The van der Waals surface area contributed by atoms with Gasteiger partial charge in [-0.05, 0) is 29.4 Å². The number of hydrogen-bond acceptors (Lipinski definition) is 0. The summed E-state index contributed by atoms with van der Waals surface area (Å²) in [5, 5.41) is 4.37. The molecule has 0 bridgehead atoms. The normalized spacial score (nSPS) is 11.6. The molecule has 0 saturated heterocycles. The van der Waals surface area contributed by atoms with Gasteiger partial charge in [-0.3, -0.25) is 0 Å². The lowest BCUT2D eigenvalue weighted by atomic mass is 9.43. The van der Waals surface area contributed by atoms with Crippen LogP contribution < -0.4 is 10.6 Å². The average Bonchev–Trinajstić information content (AvgIpc) is 2.82. The van der Waals surface area contributed by atoms with E-state index in [1.165, 1.54) is 59.8 Å². The number of hydrogen-bond donors (Lipinski definition) is 0. The van der Waals surface area contributed by atoms with Crippen LogP contribution >= 0.6 is 7.92 Å². The van der Waals surface area contributed by atoms with Crippen molar-refractivity contribution < 1.29 is 0 Å². The molecule has 0 fully saturated rings. The zero-order valence-corrected chi connectivity index (χ0v) is 19.4. The Morgan fingerprint density at radius 3 is 1.53 bits per heavy atom. The number of rotatable bonds is 11. The van der Waals surface area contributed by atoms with Gasteiger partial charge in [0.2, 0.25) is 0 Å². The van der Waals surface area contributed by atoms with Crippen molar-refractivity contribution in [2.24, 2.45) is 0 Å². The molecule has 0 radical (unpaired) electrons. The van der Waals surface area contributed by atoms with Crippen LogP contribution in [0.15, 0.2) is 97.0 Å². The van der Waals surface area contributed by atoms with Crippen LogP contribution in [0.1, 0.15) is 45.1 Å². The van der Waals surface area contributed by atoms with E-state index in [-0.39, 0.29) is 0 Å². The third-order valence-corrected chi connectivity index (χ3v) is 8.11. The van der Waals surface area contributed by atoms with Crippen molar-refractivity contribution in [3.8, 4) is 0 Å². The van der Waals surface area contributed by atoms with Crippen molar-refractivity contribution in [3.63, 3.8) is 0 Å². The van der Waals surface area contributed by atoms with Gasteiger partial charge >= 0.3 is 0 Å². The fourth-order valence-corrected chi connectivity index (χ4v) is 6.52. The summed E-state index contributed by atoms with van der Waals surface area (Å²) in [6, 6.07) is 33.3. The summed E-state index contributed by atoms with van der Waals surface area (Å²) in [5.41, 5.74) is 1.37. The van der Waals surface area contributed by atoms with Crippen LogP contribution in [-0.2, 0) is 0 Å². The largest absolute Gasteiger partial charge is 0.167 e. The first-order valence-electron chi connectivity index (χ1n) is 11.5. The Kier molecular flexibility index (Phi) is 9.45. The topological polar surface area (TPSA) is 0 Å². The van der Waals surface area contributed by atoms with E-state index in [2.05, 4.69) is 111 Å². The van der Waals surface area contributed by atoms with Gasteiger partial charge in [-0.2, -0.15) is 0 Å². The van der Waals surface area contributed by atoms with Gasteiger partial charge in [0.05, 0.1) is 0 Å². The first kappa shape index (κ1) is 22.6. The molecule has 0 unspecified atom stereocenters. The second kappa shape index (κ2) is 12.6. The van der Waals surface area contributed by atoms with Gasteiger partial charge in [-0.15, -0.1) is 5.98 Å². The second-order valence-electron chi connectivity index (χ2n) is 7.97. The fourth-order valence-electron chi connectivity index (χ4n) is 3.96. The molecule has 0 heterocycles. The monoisotopic (exact) mass is 412 g/mol. The second-order valence-corrected chi connectivity index (χ2v) is 10.2. The number of benzene rings is 3. The maximum Gasteiger partial charge on any atom is 0.167 e. The zero-order chi connectivity index (χ0) is 21.0. The summed E-state index contributed by atoms with van der Waals surface area (Å²) in [7, 11) is -0.592. The lowest BCUT2D eigenvalue weighted by Crippen LogP contribution is -2.16. The van der Waals surface area contributed by atoms with Crippen LogP contribution in [-0.4, -0.2) is 6.71 Å². The molecule has 30 heavy (non-hydrogen) atoms. The van der Waals surface area contributed by atoms with Crippen LogP contribution in [0.5, 0.6) is 0 Å². The lowest BCUT2D eigenvalue weighted by molar-refractivity contribution is 0.845. The van der Waals surface area contributed by atoms with Crippen LogP contribution in [0.2, 0.25) is 12.6 Å². The van der Waals surface area contributed by atoms with Gasteiger partial charge < -0.3 is 0 Å². The molecule has 0 aromatic heterocycles. The molecule has 0 amide bonds. The van der Waals surface area contributed by atoms with Gasteiger partial charge in [0.15, 0.2) is 6.71 Å². The predicted molar refractivity (Wildman–Crippen MR) is 139 cm³/mol. The first-order valence-corrected chi connectivity index (χ1v) is 12.8. The summed E-state index contributed by atoms with van der Waals surface area (Å²) in [6.07, 6.45) is 7.73. The fraction of sp³-hybridized carbons (Fsp3) is 0.286. The van der Waals surface area contributed by atoms with Crippen molar-refractivity contribution >= 4 is 30.6 Å². The molecule has 3 aromatic rings. The van der Waals surface area contributed by atoms with Gasteiger partial charge in [0.25, 0.3) is 0 Å². The quantitative estimate of drug-likeness (QED) is 0.223. The van der Waals surface area contributed by atoms with Crippen LogP contribution in [0.4, 0.5) is 0 Å². The Hall–Kier alpha value is -2.11. The third kappa shape index (κ3) is 6.45. The molecule has 0 atom stereocenters. The van der Waals surface area contributed by atoms with Crippen molar-refractivity contribution in [2.75, 3.05) is 0 Å².